The first-order valence-electron chi connectivity index (χ1n) is 6.89. The minimum Gasteiger partial charge on any atom is -0.306 e. The van der Waals surface area contributed by atoms with Gasteiger partial charge in [-0.2, -0.15) is 0 Å². The largest absolute Gasteiger partial charge is 0.306 e. The van der Waals surface area contributed by atoms with Crippen molar-refractivity contribution in [3.05, 3.63) is 67.9 Å². The highest BCUT2D eigenvalue weighted by atomic mass is 79.9. The van der Waals surface area contributed by atoms with E-state index in [4.69, 9.17) is 11.6 Å². The molecule has 0 spiro atoms. The number of halogens is 3. The molecule has 0 heterocycles. The Morgan fingerprint density at radius 2 is 1.86 bits per heavy atom. The molecule has 0 saturated carbocycles. The summed E-state index contributed by atoms with van der Waals surface area (Å²) in [6.45, 7) is 6.78. The second-order valence-electron chi connectivity index (χ2n) is 5.09. The summed E-state index contributed by atoms with van der Waals surface area (Å²) in [7, 11) is 0. The zero-order chi connectivity index (χ0) is 15.6. The Balaban J connectivity index is 2.59. The van der Waals surface area contributed by atoms with Crippen molar-refractivity contribution in [1.29, 1.82) is 0 Å². The lowest BCUT2D eigenvalue weighted by molar-refractivity contribution is 0.555. The summed E-state index contributed by atoms with van der Waals surface area (Å²) in [4.78, 5) is 0. The first kappa shape index (κ1) is 16.5. The van der Waals surface area contributed by atoms with E-state index in [-0.39, 0.29) is 11.9 Å². The van der Waals surface area contributed by atoms with Crippen LogP contribution in [0.1, 0.15) is 35.2 Å². The van der Waals surface area contributed by atoms with Crippen molar-refractivity contribution in [2.45, 2.75) is 26.8 Å². The molecule has 1 nitrogen and oxygen atoms in total. The molecule has 2 aromatic rings. The van der Waals surface area contributed by atoms with Gasteiger partial charge in [-0.25, -0.2) is 4.39 Å². The first-order chi connectivity index (χ1) is 9.95. The van der Waals surface area contributed by atoms with Crippen LogP contribution in [-0.2, 0) is 0 Å². The summed E-state index contributed by atoms with van der Waals surface area (Å²) in [6, 6.07) is 9.03. The Morgan fingerprint density at radius 1 is 1.19 bits per heavy atom. The Bertz CT molecular complexity index is 657. The topological polar surface area (TPSA) is 12.0 Å². The molecule has 1 N–H and O–H groups in total. The fourth-order valence-electron chi connectivity index (χ4n) is 2.36. The molecule has 0 bridgehead atoms. The van der Waals surface area contributed by atoms with Gasteiger partial charge in [-0.3, -0.25) is 0 Å². The minimum atomic E-state index is -0.265. The van der Waals surface area contributed by atoms with Gasteiger partial charge in [0.05, 0.1) is 10.5 Å². The Labute approximate surface area is 138 Å². The Kier molecular flexibility index (Phi) is 5.42. The molecule has 4 heteroatoms. The number of rotatable bonds is 4. The van der Waals surface area contributed by atoms with Crippen LogP contribution in [0.3, 0.4) is 0 Å². The molecule has 112 valence electrons. The van der Waals surface area contributed by atoms with E-state index in [1.807, 2.05) is 39.0 Å². The van der Waals surface area contributed by atoms with Crippen LogP contribution in [0.25, 0.3) is 0 Å². The molecule has 0 aliphatic rings. The zero-order valence-corrected chi connectivity index (χ0v) is 14.6. The molecular formula is C17H18BrClFN. The fraction of sp³-hybridized carbons (Fsp3) is 0.294. The van der Waals surface area contributed by atoms with Gasteiger partial charge in [-0.1, -0.05) is 36.7 Å². The zero-order valence-electron chi connectivity index (χ0n) is 12.3. The van der Waals surface area contributed by atoms with Gasteiger partial charge in [0.15, 0.2) is 0 Å². The molecular weight excluding hydrogens is 353 g/mol. The first-order valence-corrected chi connectivity index (χ1v) is 8.06. The molecule has 21 heavy (non-hydrogen) atoms. The molecule has 0 aliphatic carbocycles. The average molecular weight is 371 g/mol. The maximum Gasteiger partial charge on any atom is 0.142 e. The van der Waals surface area contributed by atoms with E-state index < -0.39 is 0 Å². The van der Waals surface area contributed by atoms with E-state index in [9.17, 15) is 4.39 Å². The second kappa shape index (κ2) is 6.91. The maximum atomic E-state index is 14.4. The van der Waals surface area contributed by atoms with E-state index >= 15 is 0 Å². The summed E-state index contributed by atoms with van der Waals surface area (Å²) in [5, 5.41) is 3.98. The van der Waals surface area contributed by atoms with Crippen LogP contribution in [0.2, 0.25) is 5.02 Å². The summed E-state index contributed by atoms with van der Waals surface area (Å²) in [5.41, 5.74) is 3.77. The van der Waals surface area contributed by atoms with Crippen molar-refractivity contribution in [1.82, 2.24) is 5.32 Å². The highest BCUT2D eigenvalue weighted by Gasteiger charge is 2.21. The van der Waals surface area contributed by atoms with E-state index in [0.717, 1.165) is 23.2 Å². The van der Waals surface area contributed by atoms with Gasteiger partial charge in [0, 0.05) is 10.6 Å². The number of nitrogens with one attached hydrogen (secondary N) is 1. The van der Waals surface area contributed by atoms with Crippen LogP contribution in [0.4, 0.5) is 4.39 Å². The molecule has 2 rings (SSSR count). The standard InChI is InChI=1S/C17H18BrClFN/c1-4-21-17(12-6-5-7-14(18)16(12)20)13-8-10(2)11(3)9-15(13)19/h5-9,17,21H,4H2,1-3H3. The minimum absolute atomic E-state index is 0.252. The lowest BCUT2D eigenvalue weighted by Gasteiger charge is -2.22. The van der Waals surface area contributed by atoms with Gasteiger partial charge in [-0.05, 0) is 65.1 Å². The summed E-state index contributed by atoms with van der Waals surface area (Å²) in [6.07, 6.45) is 0. The van der Waals surface area contributed by atoms with E-state index in [1.54, 1.807) is 12.1 Å². The van der Waals surface area contributed by atoms with Crippen LogP contribution < -0.4 is 5.32 Å². The second-order valence-corrected chi connectivity index (χ2v) is 6.35. The number of hydrogen-bond donors (Lipinski definition) is 1. The summed E-state index contributed by atoms with van der Waals surface area (Å²) in [5.74, 6) is -0.252. The lowest BCUT2D eigenvalue weighted by atomic mass is 9.95. The predicted octanol–water partition coefficient (Wildman–Crippen LogP) is 5.56. The third-order valence-electron chi connectivity index (χ3n) is 3.62. The van der Waals surface area contributed by atoms with Crippen molar-refractivity contribution >= 4 is 27.5 Å². The van der Waals surface area contributed by atoms with Gasteiger partial charge in [-0.15, -0.1) is 0 Å². The third kappa shape index (κ3) is 3.47. The van der Waals surface area contributed by atoms with Gasteiger partial charge in [0.25, 0.3) is 0 Å². The Morgan fingerprint density at radius 3 is 2.52 bits per heavy atom. The normalized spacial score (nSPS) is 12.5. The average Bonchev–Trinajstić information content (AvgIpc) is 2.44. The lowest BCUT2D eigenvalue weighted by Crippen LogP contribution is -2.23. The predicted molar refractivity (Wildman–Crippen MR) is 90.5 cm³/mol. The Hall–Kier alpha value is -0.900. The van der Waals surface area contributed by atoms with Crippen molar-refractivity contribution in [2.24, 2.45) is 0 Å². The molecule has 0 saturated heterocycles. The van der Waals surface area contributed by atoms with Crippen molar-refractivity contribution in [2.75, 3.05) is 6.54 Å². The molecule has 0 aromatic heterocycles. The van der Waals surface area contributed by atoms with Crippen LogP contribution >= 0.6 is 27.5 Å². The van der Waals surface area contributed by atoms with Gasteiger partial charge < -0.3 is 5.32 Å². The van der Waals surface area contributed by atoms with Crippen molar-refractivity contribution < 1.29 is 4.39 Å². The van der Waals surface area contributed by atoms with Crippen LogP contribution in [0.15, 0.2) is 34.8 Å². The summed E-state index contributed by atoms with van der Waals surface area (Å²) < 4.78 is 14.9. The monoisotopic (exact) mass is 369 g/mol. The van der Waals surface area contributed by atoms with Gasteiger partial charge >= 0.3 is 0 Å². The summed E-state index contributed by atoms with van der Waals surface area (Å²) >= 11 is 9.65. The SMILES string of the molecule is CCNC(c1cc(C)c(C)cc1Cl)c1cccc(Br)c1F. The van der Waals surface area contributed by atoms with Gasteiger partial charge in [0.2, 0.25) is 0 Å². The molecule has 0 radical (unpaired) electrons. The molecule has 0 amide bonds. The smallest absolute Gasteiger partial charge is 0.142 e. The number of hydrogen-bond acceptors (Lipinski definition) is 1. The highest BCUT2D eigenvalue weighted by molar-refractivity contribution is 9.10. The molecule has 0 fully saturated rings. The van der Waals surface area contributed by atoms with Crippen LogP contribution in [0.5, 0.6) is 0 Å². The maximum absolute atomic E-state index is 14.4. The molecule has 0 aliphatic heterocycles. The number of benzene rings is 2. The molecule has 1 atom stereocenters. The van der Waals surface area contributed by atoms with E-state index in [0.29, 0.717) is 15.1 Å². The molecule has 1 unspecified atom stereocenters. The highest BCUT2D eigenvalue weighted by Crippen LogP contribution is 2.33. The number of aryl methyl sites for hydroxylation is 2. The molecule has 2 aromatic carbocycles. The van der Waals surface area contributed by atoms with Crippen molar-refractivity contribution in [3.63, 3.8) is 0 Å². The third-order valence-corrected chi connectivity index (χ3v) is 4.56. The quantitative estimate of drug-likeness (QED) is 0.743. The van der Waals surface area contributed by atoms with Crippen LogP contribution in [-0.4, -0.2) is 6.54 Å². The fourth-order valence-corrected chi connectivity index (χ4v) is 3.07. The van der Waals surface area contributed by atoms with Crippen molar-refractivity contribution in [3.8, 4) is 0 Å². The van der Waals surface area contributed by atoms with E-state index in [1.165, 1.54) is 0 Å². The van der Waals surface area contributed by atoms with Gasteiger partial charge in [0.1, 0.15) is 5.82 Å². The van der Waals surface area contributed by atoms with Crippen LogP contribution in [0, 0.1) is 19.7 Å². The van der Waals surface area contributed by atoms with E-state index in [2.05, 4.69) is 21.2 Å².